The predicted octanol–water partition coefficient (Wildman–Crippen LogP) is 5.58. The molecular formula is C27H37Br2ClN4O7S3. The third kappa shape index (κ3) is 9.15. The fourth-order valence-corrected chi connectivity index (χ4v) is 11.5. The quantitative estimate of drug-likeness (QED) is 0.250. The Morgan fingerprint density at radius 1 is 1.09 bits per heavy atom. The molecule has 246 valence electrons. The van der Waals surface area contributed by atoms with Gasteiger partial charge in [-0.1, -0.05) is 30.9 Å². The minimum Gasteiger partial charge on any atom is -0.480 e. The van der Waals surface area contributed by atoms with Crippen LogP contribution in [0.25, 0.3) is 0 Å². The Morgan fingerprint density at radius 3 is 2.23 bits per heavy atom. The zero-order valence-corrected chi connectivity index (χ0v) is 30.6. The molecule has 0 amide bonds. The highest BCUT2D eigenvalue weighted by molar-refractivity contribution is 9.11. The number of anilines is 1. The van der Waals surface area contributed by atoms with Gasteiger partial charge in [-0.2, -0.15) is 9.03 Å². The Balaban J connectivity index is 1.21. The summed E-state index contributed by atoms with van der Waals surface area (Å²) < 4.78 is 62.1. The summed E-state index contributed by atoms with van der Waals surface area (Å²) in [6, 6.07) is 1.73. The zero-order valence-electron chi connectivity index (χ0n) is 24.3. The van der Waals surface area contributed by atoms with Crippen molar-refractivity contribution in [3.63, 3.8) is 0 Å². The molecule has 2 aromatic heterocycles. The normalized spacial score (nSPS) is 18.5. The fourth-order valence-electron chi connectivity index (χ4n) is 5.66. The summed E-state index contributed by atoms with van der Waals surface area (Å²) in [5.74, 6) is 0.504. The summed E-state index contributed by atoms with van der Waals surface area (Å²) in [4.78, 5) is 17.9. The molecule has 17 heteroatoms. The van der Waals surface area contributed by atoms with Gasteiger partial charge in [0.1, 0.15) is 25.3 Å². The number of aliphatic carboxylic acids is 1. The van der Waals surface area contributed by atoms with Gasteiger partial charge in [0.2, 0.25) is 10.0 Å². The van der Waals surface area contributed by atoms with Gasteiger partial charge in [0.05, 0.1) is 4.47 Å². The lowest BCUT2D eigenvalue weighted by molar-refractivity contribution is -0.139. The van der Waals surface area contributed by atoms with Crippen molar-refractivity contribution in [1.29, 1.82) is 0 Å². The maximum atomic E-state index is 13.0. The summed E-state index contributed by atoms with van der Waals surface area (Å²) in [5, 5.41) is 9.36. The van der Waals surface area contributed by atoms with Crippen LogP contribution < -0.4 is 9.62 Å². The molecule has 2 aromatic rings. The first kappa shape index (κ1) is 36.0. The van der Waals surface area contributed by atoms with E-state index in [1.165, 1.54) is 19.4 Å². The van der Waals surface area contributed by atoms with Crippen LogP contribution in [-0.2, 0) is 29.6 Å². The van der Waals surface area contributed by atoms with Crippen molar-refractivity contribution < 1.29 is 31.5 Å². The van der Waals surface area contributed by atoms with Crippen LogP contribution in [0.15, 0.2) is 36.4 Å². The van der Waals surface area contributed by atoms with Crippen molar-refractivity contribution in [1.82, 2.24) is 14.0 Å². The molecule has 0 radical (unpaired) electrons. The number of carboxylic acid groups (broad SMARTS) is 1. The summed E-state index contributed by atoms with van der Waals surface area (Å²) in [5.41, 5.74) is 0. The molecule has 2 saturated heterocycles. The number of nitrogens with one attached hydrogen (secondary N) is 1. The number of aromatic nitrogens is 1. The van der Waals surface area contributed by atoms with E-state index in [1.807, 2.05) is 0 Å². The summed E-state index contributed by atoms with van der Waals surface area (Å²) >= 11 is 13.9. The smallest absolute Gasteiger partial charge is 0.321 e. The van der Waals surface area contributed by atoms with E-state index >= 15 is 0 Å². The van der Waals surface area contributed by atoms with Crippen LogP contribution in [0, 0.1) is 11.8 Å². The molecule has 1 unspecified atom stereocenters. The third-order valence-corrected chi connectivity index (χ3v) is 15.1. The number of methoxy groups -OCH3 is 1. The van der Waals surface area contributed by atoms with E-state index in [2.05, 4.69) is 46.5 Å². The highest BCUT2D eigenvalue weighted by atomic mass is 79.9. The molecule has 0 bridgehead atoms. The van der Waals surface area contributed by atoms with E-state index in [0.717, 1.165) is 69.4 Å². The maximum Gasteiger partial charge on any atom is 0.321 e. The minimum absolute atomic E-state index is 0.000762. The van der Waals surface area contributed by atoms with E-state index in [9.17, 15) is 26.7 Å². The molecule has 0 aromatic carbocycles. The molecule has 2 fully saturated rings. The van der Waals surface area contributed by atoms with Gasteiger partial charge in [-0.15, -0.1) is 11.3 Å². The Labute approximate surface area is 285 Å². The molecular weight excluding hydrogens is 784 g/mol. The Kier molecular flexibility index (Phi) is 12.9. The average Bonchev–Trinajstić information content (AvgIpc) is 3.34. The van der Waals surface area contributed by atoms with Crippen LogP contribution in [0.3, 0.4) is 0 Å². The second-order valence-corrected chi connectivity index (χ2v) is 18.4. The lowest BCUT2D eigenvalue weighted by Gasteiger charge is -2.34. The number of piperidine rings is 2. The maximum absolute atomic E-state index is 13.0. The van der Waals surface area contributed by atoms with Crippen LogP contribution in [0.2, 0.25) is 4.34 Å². The average molecular weight is 821 g/mol. The van der Waals surface area contributed by atoms with E-state index in [-0.39, 0.29) is 22.1 Å². The number of nitrogens with zero attached hydrogens (tertiary/aromatic N) is 3. The van der Waals surface area contributed by atoms with E-state index < -0.39 is 32.1 Å². The molecule has 44 heavy (non-hydrogen) atoms. The highest BCUT2D eigenvalue weighted by Crippen LogP contribution is 2.37. The first-order chi connectivity index (χ1) is 20.8. The van der Waals surface area contributed by atoms with Crippen molar-refractivity contribution in [2.24, 2.45) is 11.8 Å². The number of halogens is 3. The van der Waals surface area contributed by atoms with Crippen LogP contribution >= 0.6 is 54.8 Å². The van der Waals surface area contributed by atoms with Crippen molar-refractivity contribution in [3.05, 3.63) is 31.6 Å². The van der Waals surface area contributed by atoms with Crippen LogP contribution in [0.1, 0.15) is 51.4 Å². The topological polar surface area (TPSA) is 146 Å². The lowest BCUT2D eigenvalue weighted by Crippen LogP contribution is -2.41. The third-order valence-electron chi connectivity index (χ3n) is 8.24. The summed E-state index contributed by atoms with van der Waals surface area (Å²) in [6.45, 7) is 2.78. The molecule has 0 aliphatic carbocycles. The molecule has 2 aliphatic heterocycles. The van der Waals surface area contributed by atoms with Crippen molar-refractivity contribution in [2.45, 2.75) is 66.5 Å². The molecule has 4 heterocycles. The molecule has 1 atom stereocenters. The Hall–Kier alpha value is -0.850. The number of carbonyl (C=O) groups is 1. The van der Waals surface area contributed by atoms with Crippen molar-refractivity contribution >= 4 is 86.6 Å². The number of ether oxygens (including phenoxy) is 1. The number of thiophene rings is 1. The van der Waals surface area contributed by atoms with Gasteiger partial charge in [0.25, 0.3) is 10.0 Å². The van der Waals surface area contributed by atoms with E-state index in [0.29, 0.717) is 44.0 Å². The van der Waals surface area contributed by atoms with Gasteiger partial charge >= 0.3 is 5.97 Å². The fraction of sp³-hybridized carbons (Fsp3) is 0.630. The number of carboxylic acids is 1. The van der Waals surface area contributed by atoms with Gasteiger partial charge in [-0.3, -0.25) is 4.79 Å². The van der Waals surface area contributed by atoms with E-state index in [4.69, 9.17) is 16.3 Å². The summed E-state index contributed by atoms with van der Waals surface area (Å²) in [7, 11) is -6.19. The van der Waals surface area contributed by atoms with Crippen LogP contribution in [0.4, 0.5) is 5.82 Å². The minimum atomic E-state index is -4.09. The van der Waals surface area contributed by atoms with Gasteiger partial charge in [-0.05, 0) is 87.9 Å². The molecule has 11 nitrogen and oxygen atoms in total. The van der Waals surface area contributed by atoms with Gasteiger partial charge in [0, 0.05) is 50.6 Å². The van der Waals surface area contributed by atoms with Crippen LogP contribution in [0.5, 0.6) is 0 Å². The SMILES string of the molecule is COCCC(NS(=O)(=O)c1cnc(N2CCC(CCCC3CCN(S(=O)(=O)c4cc(Br)c(Cl)s4)CC3)CC2)c(Br)c1)C(=O)O. The number of rotatable bonds is 14. The number of sulfonamides is 2. The number of hydrogen-bond donors (Lipinski definition) is 2. The van der Waals surface area contributed by atoms with Gasteiger partial charge in [0.15, 0.2) is 0 Å². The second kappa shape index (κ2) is 15.8. The van der Waals surface area contributed by atoms with Gasteiger partial charge < -0.3 is 14.7 Å². The van der Waals surface area contributed by atoms with Crippen molar-refractivity contribution in [3.8, 4) is 0 Å². The van der Waals surface area contributed by atoms with E-state index in [1.54, 1.807) is 10.4 Å². The summed E-state index contributed by atoms with van der Waals surface area (Å²) in [6.07, 6.45) is 8.33. The largest absolute Gasteiger partial charge is 0.480 e. The molecule has 2 aliphatic rings. The predicted molar refractivity (Wildman–Crippen MR) is 177 cm³/mol. The molecule has 0 saturated carbocycles. The van der Waals surface area contributed by atoms with Crippen LogP contribution in [-0.4, -0.2) is 83.1 Å². The molecule has 4 rings (SSSR count). The monoisotopic (exact) mass is 818 g/mol. The van der Waals surface area contributed by atoms with Gasteiger partial charge in [-0.25, -0.2) is 21.8 Å². The second-order valence-electron chi connectivity index (χ2n) is 11.2. The van der Waals surface area contributed by atoms with Crippen molar-refractivity contribution in [2.75, 3.05) is 44.8 Å². The highest BCUT2D eigenvalue weighted by Gasteiger charge is 2.32. The standard InChI is InChI=1S/C27H37Br2ClN4O7S3/c1-41-14-9-23(27(35)36)32-43(37,38)20-15-22(29)26(31-17-20)33-10-5-18(6-11-33)3-2-4-19-7-12-34(13-8-19)44(39,40)24-16-21(28)25(30)42-24/h15-19,23,32H,2-14H2,1H3,(H,35,36). The zero-order chi connectivity index (χ0) is 32.1. The number of hydrogen-bond acceptors (Lipinski definition) is 9. The number of pyridine rings is 1. The first-order valence-corrected chi connectivity index (χ1v) is 20.1. The Morgan fingerprint density at radius 2 is 1.70 bits per heavy atom. The molecule has 2 N–H and O–H groups in total. The Bertz CT molecular complexity index is 1490. The lowest BCUT2D eigenvalue weighted by atomic mass is 9.87. The molecule has 0 spiro atoms. The first-order valence-electron chi connectivity index (χ1n) is 14.4.